The lowest BCUT2D eigenvalue weighted by molar-refractivity contribution is 1.12. The van der Waals surface area contributed by atoms with E-state index in [9.17, 15) is 0 Å². The number of rotatable bonds is 1. The number of nitrogens with zero attached hydrogens (tertiary/aromatic N) is 2. The van der Waals surface area contributed by atoms with Gasteiger partial charge in [-0.25, -0.2) is 9.97 Å². The first-order valence-electron chi connectivity index (χ1n) is 3.83. The van der Waals surface area contributed by atoms with Gasteiger partial charge in [-0.15, -0.1) is 0 Å². The maximum Gasteiger partial charge on any atom is 0.151 e. The van der Waals surface area contributed by atoms with Gasteiger partial charge in [0.1, 0.15) is 5.69 Å². The van der Waals surface area contributed by atoms with Crippen molar-refractivity contribution in [1.29, 1.82) is 5.41 Å². The van der Waals surface area contributed by atoms with Crippen molar-refractivity contribution in [2.24, 2.45) is 0 Å². The summed E-state index contributed by atoms with van der Waals surface area (Å²) >= 11 is 0. The molecule has 0 unspecified atom stereocenters. The average Bonchev–Trinajstić information content (AvgIpc) is 2.08. The van der Waals surface area contributed by atoms with Crippen LogP contribution < -0.4 is 5.73 Å². The van der Waals surface area contributed by atoms with Crippen molar-refractivity contribution in [1.82, 2.24) is 9.97 Å². The first-order chi connectivity index (χ1) is 5.74. The molecular weight excluding hydrogens is 152 g/mol. The Balaban J connectivity index is 0.000000561. The fourth-order valence-corrected chi connectivity index (χ4v) is 0.616. The molecule has 12 heavy (non-hydrogen) atoms. The van der Waals surface area contributed by atoms with E-state index in [1.165, 1.54) is 0 Å². The van der Waals surface area contributed by atoms with Gasteiger partial charge >= 0.3 is 0 Å². The van der Waals surface area contributed by atoms with Gasteiger partial charge in [0, 0.05) is 12.4 Å². The van der Waals surface area contributed by atoms with E-state index < -0.39 is 0 Å². The molecular formula is C8H14N4. The number of hydrogen-bond donors (Lipinski definition) is 2. The zero-order valence-corrected chi connectivity index (χ0v) is 7.63. The van der Waals surface area contributed by atoms with E-state index in [2.05, 4.69) is 9.97 Å². The van der Waals surface area contributed by atoms with Crippen molar-refractivity contribution in [3.63, 3.8) is 0 Å². The summed E-state index contributed by atoms with van der Waals surface area (Å²) in [5.74, 6) is 0.315. The Morgan fingerprint density at radius 3 is 2.50 bits per heavy atom. The van der Waals surface area contributed by atoms with E-state index in [0.29, 0.717) is 11.5 Å². The van der Waals surface area contributed by atoms with Crippen LogP contribution in [0.15, 0.2) is 6.20 Å². The standard InChI is InChI=1S/C6H8N4.C2H6/c1-4-3-9-5(2-7)6(8)10-4;1-2/h2-3,7H,1H3,(H2,8,10);1-2H3. The number of nitrogens with one attached hydrogen (secondary N) is 1. The molecule has 1 aromatic heterocycles. The highest BCUT2D eigenvalue weighted by Gasteiger charge is 1.96. The van der Waals surface area contributed by atoms with Gasteiger partial charge in [0.05, 0.1) is 5.69 Å². The van der Waals surface area contributed by atoms with Gasteiger partial charge in [-0.2, -0.15) is 0 Å². The number of aromatic nitrogens is 2. The van der Waals surface area contributed by atoms with Gasteiger partial charge in [0.15, 0.2) is 5.82 Å². The minimum atomic E-state index is 0.315. The summed E-state index contributed by atoms with van der Waals surface area (Å²) in [4.78, 5) is 7.77. The summed E-state index contributed by atoms with van der Waals surface area (Å²) in [6.07, 6.45) is 2.67. The molecule has 0 bridgehead atoms. The number of nitrogens with two attached hydrogens (primary N) is 1. The summed E-state index contributed by atoms with van der Waals surface area (Å²) in [5, 5.41) is 6.85. The monoisotopic (exact) mass is 166 g/mol. The van der Waals surface area contributed by atoms with Crippen molar-refractivity contribution in [3.05, 3.63) is 17.6 Å². The first kappa shape index (κ1) is 10.6. The number of anilines is 1. The second-order valence-electron chi connectivity index (χ2n) is 1.93. The summed E-state index contributed by atoms with van der Waals surface area (Å²) in [6, 6.07) is 0. The van der Waals surface area contributed by atoms with E-state index in [0.717, 1.165) is 11.9 Å². The number of aryl methyl sites for hydroxylation is 1. The molecule has 0 aliphatic rings. The molecule has 0 aliphatic heterocycles. The van der Waals surface area contributed by atoms with Crippen LogP contribution in [0.5, 0.6) is 0 Å². The predicted octanol–water partition coefficient (Wildman–Crippen LogP) is 1.39. The molecule has 4 nitrogen and oxygen atoms in total. The smallest absolute Gasteiger partial charge is 0.151 e. The molecule has 66 valence electrons. The largest absolute Gasteiger partial charge is 0.382 e. The lowest BCUT2D eigenvalue weighted by Crippen LogP contribution is -2.00. The molecule has 0 aromatic carbocycles. The molecule has 0 amide bonds. The Kier molecular flexibility index (Phi) is 4.60. The van der Waals surface area contributed by atoms with Crippen LogP contribution in [0.2, 0.25) is 0 Å². The van der Waals surface area contributed by atoms with E-state index in [1.807, 2.05) is 13.8 Å². The quantitative estimate of drug-likeness (QED) is 0.619. The van der Waals surface area contributed by atoms with E-state index in [1.54, 1.807) is 13.1 Å². The minimum Gasteiger partial charge on any atom is -0.382 e. The Hall–Kier alpha value is -1.45. The molecule has 1 aromatic rings. The van der Waals surface area contributed by atoms with Crippen molar-refractivity contribution < 1.29 is 0 Å². The van der Waals surface area contributed by atoms with Gasteiger partial charge in [-0.05, 0) is 6.92 Å². The maximum atomic E-state index is 6.85. The highest BCUT2D eigenvalue weighted by Crippen LogP contribution is 2.01. The van der Waals surface area contributed by atoms with Gasteiger partial charge in [-0.1, -0.05) is 13.8 Å². The summed E-state index contributed by atoms with van der Waals surface area (Å²) in [5.41, 5.74) is 6.60. The molecule has 3 N–H and O–H groups in total. The molecule has 1 rings (SSSR count). The molecule has 0 saturated carbocycles. The first-order valence-corrected chi connectivity index (χ1v) is 3.83. The lowest BCUT2D eigenvalue weighted by Gasteiger charge is -1.96. The van der Waals surface area contributed by atoms with Crippen molar-refractivity contribution in [2.75, 3.05) is 5.73 Å². The summed E-state index contributed by atoms with van der Waals surface area (Å²) < 4.78 is 0. The lowest BCUT2D eigenvalue weighted by atomic mass is 10.4. The Morgan fingerprint density at radius 2 is 2.08 bits per heavy atom. The van der Waals surface area contributed by atoms with Crippen molar-refractivity contribution in [2.45, 2.75) is 20.8 Å². The highest BCUT2D eigenvalue weighted by atomic mass is 14.9. The third-order valence-electron chi connectivity index (χ3n) is 1.09. The fraction of sp³-hybridized carbons (Fsp3) is 0.375. The van der Waals surface area contributed by atoms with Gasteiger partial charge in [0.2, 0.25) is 0 Å². The SMILES string of the molecule is CC.Cc1cnc(C=N)c(N)n1. The van der Waals surface area contributed by atoms with Crippen LogP contribution in [0, 0.1) is 12.3 Å². The summed E-state index contributed by atoms with van der Waals surface area (Å²) in [7, 11) is 0. The Morgan fingerprint density at radius 1 is 1.50 bits per heavy atom. The second-order valence-corrected chi connectivity index (χ2v) is 1.93. The Labute approximate surface area is 72.4 Å². The van der Waals surface area contributed by atoms with Crippen LogP contribution in [0.1, 0.15) is 25.2 Å². The van der Waals surface area contributed by atoms with Crippen LogP contribution in [0.3, 0.4) is 0 Å². The zero-order chi connectivity index (χ0) is 9.56. The van der Waals surface area contributed by atoms with Crippen LogP contribution in [0.25, 0.3) is 0 Å². The minimum absolute atomic E-state index is 0.315. The second kappa shape index (κ2) is 5.23. The number of hydrogen-bond acceptors (Lipinski definition) is 4. The zero-order valence-electron chi connectivity index (χ0n) is 7.63. The fourth-order valence-electron chi connectivity index (χ4n) is 0.616. The molecule has 0 fully saturated rings. The summed E-state index contributed by atoms with van der Waals surface area (Å²) in [6.45, 7) is 5.80. The molecule has 1 heterocycles. The van der Waals surface area contributed by atoms with Gasteiger partial charge in [-0.3, -0.25) is 0 Å². The molecule has 0 atom stereocenters. The van der Waals surface area contributed by atoms with E-state index in [-0.39, 0.29) is 0 Å². The molecule has 0 saturated heterocycles. The van der Waals surface area contributed by atoms with E-state index >= 15 is 0 Å². The van der Waals surface area contributed by atoms with Gasteiger partial charge < -0.3 is 11.1 Å². The molecule has 4 heteroatoms. The van der Waals surface area contributed by atoms with Crippen LogP contribution >= 0.6 is 0 Å². The average molecular weight is 166 g/mol. The third kappa shape index (κ3) is 2.65. The Bertz CT molecular complexity index is 257. The topological polar surface area (TPSA) is 75.7 Å². The van der Waals surface area contributed by atoms with Gasteiger partial charge in [0.25, 0.3) is 0 Å². The van der Waals surface area contributed by atoms with E-state index in [4.69, 9.17) is 11.1 Å². The normalized spacial score (nSPS) is 8.25. The predicted molar refractivity (Wildman–Crippen MR) is 50.4 cm³/mol. The molecule has 0 radical (unpaired) electrons. The molecule has 0 spiro atoms. The molecule has 0 aliphatic carbocycles. The third-order valence-corrected chi connectivity index (χ3v) is 1.09. The maximum absolute atomic E-state index is 6.85. The van der Waals surface area contributed by atoms with Crippen molar-refractivity contribution in [3.8, 4) is 0 Å². The highest BCUT2D eigenvalue weighted by molar-refractivity contribution is 5.80. The number of nitrogen functional groups attached to an aromatic ring is 1. The van der Waals surface area contributed by atoms with Crippen molar-refractivity contribution >= 4 is 12.0 Å². The van der Waals surface area contributed by atoms with Crippen LogP contribution in [0.4, 0.5) is 5.82 Å². The van der Waals surface area contributed by atoms with Crippen LogP contribution in [-0.2, 0) is 0 Å². The van der Waals surface area contributed by atoms with Crippen LogP contribution in [-0.4, -0.2) is 16.2 Å².